The van der Waals surface area contributed by atoms with Crippen LogP contribution in [0.15, 0.2) is 60.0 Å². The number of hydrogen-bond donors (Lipinski definition) is 3. The minimum Gasteiger partial charge on any atom is -0.485 e. The zero-order valence-corrected chi connectivity index (χ0v) is 29.0. The van der Waals surface area contributed by atoms with Crippen LogP contribution in [0.25, 0.3) is 11.0 Å². The smallest absolute Gasteiger partial charge is 0.231 e. The number of thiazole rings is 1. The molecule has 0 fully saturated rings. The molecule has 1 amide bonds. The van der Waals surface area contributed by atoms with Crippen molar-refractivity contribution >= 4 is 44.7 Å². The van der Waals surface area contributed by atoms with Gasteiger partial charge in [-0.2, -0.15) is 4.31 Å². The highest BCUT2D eigenvalue weighted by Crippen LogP contribution is 2.56. The van der Waals surface area contributed by atoms with Gasteiger partial charge >= 0.3 is 0 Å². The zero-order valence-electron chi connectivity index (χ0n) is 27.3. The van der Waals surface area contributed by atoms with Crippen molar-refractivity contribution in [2.75, 3.05) is 11.9 Å². The van der Waals surface area contributed by atoms with E-state index >= 15 is 0 Å². The first kappa shape index (κ1) is 33.0. The van der Waals surface area contributed by atoms with Gasteiger partial charge in [-0.15, -0.1) is 16.4 Å². The summed E-state index contributed by atoms with van der Waals surface area (Å²) in [5.74, 6) is -0.273. The number of aromatic nitrogens is 6. The lowest BCUT2D eigenvalue weighted by atomic mass is 9.73. The number of ether oxygens (including phenoxy) is 1. The van der Waals surface area contributed by atoms with E-state index in [1.807, 2.05) is 64.4 Å². The molecule has 47 heavy (non-hydrogen) atoms. The van der Waals surface area contributed by atoms with Crippen LogP contribution in [-0.2, 0) is 17.9 Å². The Morgan fingerprint density at radius 2 is 1.96 bits per heavy atom. The number of fused-ring (bicyclic) bond motifs is 2. The molecule has 1 aromatic carbocycles. The number of benzene rings is 1. The quantitative estimate of drug-likeness (QED) is 0.152. The fraction of sp³-hybridized carbons (Fsp3) is 0.394. The molecule has 0 bridgehead atoms. The minimum absolute atomic E-state index is 0.124. The number of carbonyl (C=O) groups is 1. The Hall–Kier alpha value is -3.95. The Labute approximate surface area is 279 Å². The van der Waals surface area contributed by atoms with Crippen molar-refractivity contribution in [3.63, 3.8) is 0 Å². The fourth-order valence-corrected chi connectivity index (χ4v) is 8.76. The Morgan fingerprint density at radius 3 is 2.68 bits per heavy atom. The summed E-state index contributed by atoms with van der Waals surface area (Å²) in [5.41, 5.74) is 3.87. The summed E-state index contributed by atoms with van der Waals surface area (Å²) in [6.07, 6.45) is 5.23. The number of rotatable bonds is 9. The zero-order chi connectivity index (χ0) is 33.5. The van der Waals surface area contributed by atoms with Gasteiger partial charge in [0.1, 0.15) is 16.6 Å². The van der Waals surface area contributed by atoms with E-state index in [1.165, 1.54) is 17.5 Å². The average molecular weight is 677 g/mol. The van der Waals surface area contributed by atoms with E-state index < -0.39 is 22.1 Å². The molecule has 0 saturated carbocycles. The van der Waals surface area contributed by atoms with E-state index in [9.17, 15) is 13.9 Å². The van der Waals surface area contributed by atoms with Crippen molar-refractivity contribution in [3.05, 3.63) is 81.7 Å². The first-order valence-electron chi connectivity index (χ1n) is 15.6. The van der Waals surface area contributed by atoms with Crippen molar-refractivity contribution in [2.24, 2.45) is 5.41 Å². The molecule has 1 aliphatic heterocycles. The molecule has 14 heteroatoms. The molecule has 5 heterocycles. The van der Waals surface area contributed by atoms with Gasteiger partial charge in [0, 0.05) is 23.8 Å². The fourth-order valence-electron chi connectivity index (χ4n) is 6.02. The predicted molar refractivity (Wildman–Crippen MR) is 184 cm³/mol. The Morgan fingerprint density at radius 1 is 1.17 bits per heavy atom. The molecule has 0 saturated heterocycles. The van der Waals surface area contributed by atoms with E-state index in [1.54, 1.807) is 34.9 Å². The number of amides is 1. The van der Waals surface area contributed by atoms with Crippen molar-refractivity contribution in [3.8, 4) is 5.75 Å². The van der Waals surface area contributed by atoms with Crippen molar-refractivity contribution in [1.82, 2.24) is 34.3 Å². The lowest BCUT2D eigenvalue weighted by Crippen LogP contribution is -2.37. The number of nitrogens with zero attached hydrogens (tertiary/aromatic N) is 7. The molecule has 12 nitrogen and oxygen atoms in total. The van der Waals surface area contributed by atoms with Gasteiger partial charge in [0.2, 0.25) is 10.9 Å². The summed E-state index contributed by atoms with van der Waals surface area (Å²) >= 11 is 1.51. The van der Waals surface area contributed by atoms with Crippen LogP contribution >= 0.6 is 22.1 Å². The van der Waals surface area contributed by atoms with Crippen molar-refractivity contribution in [1.29, 1.82) is 0 Å². The standard InChI is InChI=1S/C33H40N8O4S2/c1-7-23-18-40(47(43,44)31-27(45-23)12-10-16-35-31)19-25-21(4)46-30(37-25)28(33(5,6)32(42)36-22-11-9-15-34-17-22)24-13-14-26-29(20(24)3)38-39-41(26)8-2/h9-17,23,28,43-44H,7-8,18-19H2,1-6H3,(H,36,42). The molecule has 4 aromatic heterocycles. The van der Waals surface area contributed by atoms with Crippen LogP contribution in [0.5, 0.6) is 5.75 Å². The summed E-state index contributed by atoms with van der Waals surface area (Å²) in [4.78, 5) is 28.6. The average Bonchev–Trinajstić information content (AvgIpc) is 3.62. The van der Waals surface area contributed by atoms with E-state index in [-0.39, 0.29) is 30.1 Å². The molecule has 0 spiro atoms. The van der Waals surface area contributed by atoms with Crippen LogP contribution < -0.4 is 10.1 Å². The first-order valence-corrected chi connectivity index (χ1v) is 17.9. The van der Waals surface area contributed by atoms with E-state index in [4.69, 9.17) is 9.72 Å². The molecule has 5 aromatic rings. The highest BCUT2D eigenvalue weighted by molar-refractivity contribution is 8.22. The maximum atomic E-state index is 14.1. The van der Waals surface area contributed by atoms with Gasteiger partial charge in [-0.1, -0.05) is 42.8 Å². The van der Waals surface area contributed by atoms with Gasteiger partial charge in [0.25, 0.3) is 0 Å². The summed E-state index contributed by atoms with van der Waals surface area (Å²) in [7, 11) is -3.47. The SMILES string of the molecule is CCC1CN(Cc2nc(C(c3ccc4c(nnn4CC)c3C)C(C)(C)C(=O)Nc3cccnc3)sc2C)S(O)(O)c2ncccc2O1. The van der Waals surface area contributed by atoms with Crippen LogP contribution in [0.4, 0.5) is 5.69 Å². The van der Waals surface area contributed by atoms with E-state index in [0.29, 0.717) is 30.1 Å². The Kier molecular flexibility index (Phi) is 9.06. The Balaban J connectivity index is 1.43. The first-order chi connectivity index (χ1) is 22.4. The van der Waals surface area contributed by atoms with Crippen LogP contribution in [0.1, 0.15) is 66.7 Å². The van der Waals surface area contributed by atoms with Gasteiger partial charge in [-0.3, -0.25) is 18.9 Å². The molecule has 1 aliphatic rings. The second kappa shape index (κ2) is 12.9. The van der Waals surface area contributed by atoms with Gasteiger partial charge in [0.05, 0.1) is 47.5 Å². The van der Waals surface area contributed by atoms with Crippen LogP contribution in [-0.4, -0.2) is 61.9 Å². The van der Waals surface area contributed by atoms with Crippen molar-refractivity contribution < 1.29 is 18.6 Å². The largest absolute Gasteiger partial charge is 0.485 e. The third kappa shape index (κ3) is 6.11. The summed E-state index contributed by atoms with van der Waals surface area (Å²) in [6.45, 7) is 13.0. The summed E-state index contributed by atoms with van der Waals surface area (Å²) < 4.78 is 32.7. The number of anilines is 1. The number of nitrogens with one attached hydrogen (secondary N) is 1. The number of aryl methyl sites for hydroxylation is 3. The second-order valence-corrected chi connectivity index (χ2v) is 15.4. The molecule has 6 rings (SSSR count). The van der Waals surface area contributed by atoms with Gasteiger partial charge in [-0.05, 0) is 68.7 Å². The molecular weight excluding hydrogens is 637 g/mol. The third-order valence-electron chi connectivity index (χ3n) is 8.81. The lowest BCUT2D eigenvalue weighted by molar-refractivity contribution is -0.124. The normalized spacial score (nSPS) is 17.8. The molecule has 2 unspecified atom stereocenters. The predicted octanol–water partition coefficient (Wildman–Crippen LogP) is 6.81. The van der Waals surface area contributed by atoms with E-state index in [2.05, 4.69) is 25.6 Å². The van der Waals surface area contributed by atoms with E-state index in [0.717, 1.165) is 32.0 Å². The number of hydrogen-bond acceptors (Lipinski definition) is 11. The van der Waals surface area contributed by atoms with Gasteiger partial charge in [0.15, 0.2) is 5.75 Å². The number of carbonyl (C=O) groups excluding carboxylic acids is 1. The molecule has 2 atom stereocenters. The highest BCUT2D eigenvalue weighted by Gasteiger charge is 2.43. The Bertz CT molecular complexity index is 1910. The third-order valence-corrected chi connectivity index (χ3v) is 11.7. The number of pyridine rings is 2. The van der Waals surface area contributed by atoms with Gasteiger partial charge < -0.3 is 10.1 Å². The highest BCUT2D eigenvalue weighted by atomic mass is 32.3. The molecular formula is C33H40N8O4S2. The molecule has 0 aliphatic carbocycles. The molecule has 248 valence electrons. The minimum atomic E-state index is -3.47. The van der Waals surface area contributed by atoms with Crippen LogP contribution in [0, 0.1) is 19.3 Å². The maximum absolute atomic E-state index is 14.1. The lowest BCUT2D eigenvalue weighted by Gasteiger charge is -2.40. The second-order valence-electron chi connectivity index (χ2n) is 12.3. The summed E-state index contributed by atoms with van der Waals surface area (Å²) in [6, 6.07) is 11.1. The molecule has 0 radical (unpaired) electrons. The monoisotopic (exact) mass is 676 g/mol. The maximum Gasteiger partial charge on any atom is 0.231 e. The van der Waals surface area contributed by atoms with Crippen LogP contribution in [0.2, 0.25) is 0 Å². The van der Waals surface area contributed by atoms with Crippen molar-refractivity contribution in [2.45, 2.75) is 78.1 Å². The van der Waals surface area contributed by atoms with Gasteiger partial charge in [-0.25, -0.2) is 14.6 Å². The van der Waals surface area contributed by atoms with Crippen LogP contribution in [0.3, 0.4) is 0 Å². The molecule has 3 N–H and O–H groups in total. The topological polar surface area (TPSA) is 151 Å². The summed E-state index contributed by atoms with van der Waals surface area (Å²) in [5, 5.41) is 12.7.